The van der Waals surface area contributed by atoms with Crippen LogP contribution in [0.2, 0.25) is 0 Å². The van der Waals surface area contributed by atoms with Crippen molar-refractivity contribution < 1.29 is 14.7 Å². The second-order valence-electron chi connectivity index (χ2n) is 5.57. The zero-order chi connectivity index (χ0) is 16.5. The van der Waals surface area contributed by atoms with Crippen LogP contribution in [0, 0.1) is 6.92 Å². The molecule has 2 unspecified atom stereocenters. The summed E-state index contributed by atoms with van der Waals surface area (Å²) >= 11 is 0. The van der Waals surface area contributed by atoms with E-state index in [1.165, 1.54) is 6.92 Å². The molecule has 22 heavy (non-hydrogen) atoms. The van der Waals surface area contributed by atoms with Gasteiger partial charge in [0.25, 0.3) is 0 Å². The van der Waals surface area contributed by atoms with E-state index in [4.69, 9.17) is 0 Å². The molecule has 0 saturated heterocycles. The van der Waals surface area contributed by atoms with Gasteiger partial charge in [-0.05, 0) is 25.3 Å². The van der Waals surface area contributed by atoms with Gasteiger partial charge in [0.05, 0.1) is 18.6 Å². The minimum absolute atomic E-state index is 0.136. The minimum atomic E-state index is -0.386. The van der Waals surface area contributed by atoms with Crippen molar-refractivity contribution in [3.05, 3.63) is 35.4 Å². The standard InChI is InChI=1S/C17H26N2O3/c1-4-15(21)9-10-18-17(22)11-16(19-13(3)20)14-7-5-12(2)6-8-14/h5-8,15-16,21H,4,9-11H2,1-3H3,(H,18,22)(H,19,20). The van der Waals surface area contributed by atoms with Crippen LogP contribution in [0.5, 0.6) is 0 Å². The highest BCUT2D eigenvalue weighted by Crippen LogP contribution is 2.17. The molecule has 0 radical (unpaired) electrons. The van der Waals surface area contributed by atoms with E-state index in [9.17, 15) is 14.7 Å². The highest BCUT2D eigenvalue weighted by atomic mass is 16.3. The third-order valence-electron chi connectivity index (χ3n) is 3.52. The number of amides is 2. The molecule has 1 aromatic carbocycles. The fraction of sp³-hybridized carbons (Fsp3) is 0.529. The number of benzene rings is 1. The van der Waals surface area contributed by atoms with Crippen molar-refractivity contribution in [2.75, 3.05) is 6.54 Å². The lowest BCUT2D eigenvalue weighted by Gasteiger charge is -2.18. The summed E-state index contributed by atoms with van der Waals surface area (Å²) in [7, 11) is 0. The number of carbonyl (C=O) groups excluding carboxylic acids is 2. The predicted octanol–water partition coefficient (Wildman–Crippen LogP) is 1.84. The van der Waals surface area contributed by atoms with Gasteiger partial charge in [-0.25, -0.2) is 0 Å². The van der Waals surface area contributed by atoms with Crippen LogP contribution in [0.4, 0.5) is 0 Å². The smallest absolute Gasteiger partial charge is 0.222 e. The summed E-state index contributed by atoms with van der Waals surface area (Å²) in [5.41, 5.74) is 2.04. The maximum Gasteiger partial charge on any atom is 0.222 e. The number of carbonyl (C=O) groups is 2. The van der Waals surface area contributed by atoms with E-state index < -0.39 is 0 Å². The SMILES string of the molecule is CCC(O)CCNC(=O)CC(NC(C)=O)c1ccc(C)cc1. The van der Waals surface area contributed by atoms with Crippen LogP contribution in [0.1, 0.15) is 50.3 Å². The Bertz CT molecular complexity index is 485. The molecule has 0 saturated carbocycles. The minimum Gasteiger partial charge on any atom is -0.393 e. The first-order valence-corrected chi connectivity index (χ1v) is 7.70. The lowest BCUT2D eigenvalue weighted by atomic mass is 10.0. The summed E-state index contributed by atoms with van der Waals surface area (Å²) in [5.74, 6) is -0.303. The Balaban J connectivity index is 2.59. The number of aliphatic hydroxyl groups excluding tert-OH is 1. The topological polar surface area (TPSA) is 78.4 Å². The molecule has 0 aromatic heterocycles. The molecule has 0 bridgehead atoms. The highest BCUT2D eigenvalue weighted by molar-refractivity contribution is 5.79. The van der Waals surface area contributed by atoms with Crippen molar-refractivity contribution >= 4 is 11.8 Å². The summed E-state index contributed by atoms with van der Waals surface area (Å²) < 4.78 is 0. The maximum absolute atomic E-state index is 12.0. The molecule has 0 fully saturated rings. The molecule has 5 nitrogen and oxygen atoms in total. The van der Waals surface area contributed by atoms with Crippen molar-refractivity contribution in [3.63, 3.8) is 0 Å². The van der Waals surface area contributed by atoms with Crippen LogP contribution < -0.4 is 10.6 Å². The molecule has 2 amide bonds. The average Bonchev–Trinajstić information content (AvgIpc) is 2.46. The fourth-order valence-corrected chi connectivity index (χ4v) is 2.14. The van der Waals surface area contributed by atoms with Gasteiger partial charge in [-0.15, -0.1) is 0 Å². The second kappa shape index (κ2) is 9.20. The van der Waals surface area contributed by atoms with Crippen LogP contribution >= 0.6 is 0 Å². The first-order valence-electron chi connectivity index (χ1n) is 7.70. The van der Waals surface area contributed by atoms with Crippen LogP contribution in [0.15, 0.2) is 24.3 Å². The number of hydrogen-bond donors (Lipinski definition) is 3. The van der Waals surface area contributed by atoms with Crippen molar-refractivity contribution in [3.8, 4) is 0 Å². The quantitative estimate of drug-likeness (QED) is 0.686. The summed E-state index contributed by atoms with van der Waals surface area (Å²) in [6.45, 7) is 5.77. The molecule has 0 aliphatic rings. The first kappa shape index (κ1) is 18.2. The number of nitrogens with one attached hydrogen (secondary N) is 2. The number of aryl methyl sites for hydroxylation is 1. The third-order valence-corrected chi connectivity index (χ3v) is 3.52. The molecule has 2 atom stereocenters. The van der Waals surface area contributed by atoms with Gasteiger partial charge >= 0.3 is 0 Å². The van der Waals surface area contributed by atoms with Gasteiger partial charge in [0.2, 0.25) is 11.8 Å². The van der Waals surface area contributed by atoms with Crippen LogP contribution in [0.25, 0.3) is 0 Å². The predicted molar refractivity (Wildman–Crippen MR) is 86.3 cm³/mol. The number of aliphatic hydroxyl groups is 1. The Kier molecular flexibility index (Phi) is 7.60. The summed E-state index contributed by atoms with van der Waals surface area (Å²) in [6, 6.07) is 7.42. The molecule has 0 spiro atoms. The first-order chi connectivity index (χ1) is 10.4. The molecular weight excluding hydrogens is 280 g/mol. The van der Waals surface area contributed by atoms with Crippen molar-refractivity contribution in [1.82, 2.24) is 10.6 Å². The lowest BCUT2D eigenvalue weighted by Crippen LogP contribution is -2.33. The molecule has 122 valence electrons. The van der Waals surface area contributed by atoms with Gasteiger partial charge in [0.1, 0.15) is 0 Å². The molecule has 0 heterocycles. The van der Waals surface area contributed by atoms with Gasteiger partial charge < -0.3 is 15.7 Å². The van der Waals surface area contributed by atoms with E-state index in [0.717, 1.165) is 11.1 Å². The van der Waals surface area contributed by atoms with Crippen molar-refractivity contribution in [2.45, 2.75) is 52.2 Å². The number of hydrogen-bond acceptors (Lipinski definition) is 3. The Morgan fingerprint density at radius 2 is 1.86 bits per heavy atom. The summed E-state index contributed by atoms with van der Waals surface area (Å²) in [5, 5.41) is 15.1. The van der Waals surface area contributed by atoms with Gasteiger partial charge in [0.15, 0.2) is 0 Å². The molecule has 0 aliphatic carbocycles. The molecule has 3 N–H and O–H groups in total. The van der Waals surface area contributed by atoms with E-state index in [-0.39, 0.29) is 30.4 Å². The van der Waals surface area contributed by atoms with E-state index in [1.54, 1.807) is 0 Å². The number of rotatable bonds is 8. The molecule has 0 aliphatic heterocycles. The second-order valence-corrected chi connectivity index (χ2v) is 5.57. The van der Waals surface area contributed by atoms with Crippen molar-refractivity contribution in [1.29, 1.82) is 0 Å². The van der Waals surface area contributed by atoms with Gasteiger partial charge in [-0.2, -0.15) is 0 Å². The summed E-state index contributed by atoms with van der Waals surface area (Å²) in [6.07, 6.45) is 1.01. The van der Waals surface area contributed by atoms with E-state index in [2.05, 4.69) is 10.6 Å². The largest absolute Gasteiger partial charge is 0.393 e. The molecule has 1 aromatic rings. The normalized spacial score (nSPS) is 13.3. The van der Waals surface area contributed by atoms with Gasteiger partial charge in [0, 0.05) is 13.5 Å². The average molecular weight is 306 g/mol. The Morgan fingerprint density at radius 3 is 2.41 bits per heavy atom. The third kappa shape index (κ3) is 6.72. The van der Waals surface area contributed by atoms with Crippen molar-refractivity contribution in [2.24, 2.45) is 0 Å². The highest BCUT2D eigenvalue weighted by Gasteiger charge is 2.17. The fourth-order valence-electron chi connectivity index (χ4n) is 2.14. The van der Waals surface area contributed by atoms with E-state index in [1.807, 2.05) is 38.1 Å². The Hall–Kier alpha value is -1.88. The van der Waals surface area contributed by atoms with Crippen LogP contribution in [-0.4, -0.2) is 29.6 Å². The van der Waals surface area contributed by atoms with Gasteiger partial charge in [-0.1, -0.05) is 36.8 Å². The lowest BCUT2D eigenvalue weighted by molar-refractivity contribution is -0.122. The van der Waals surface area contributed by atoms with E-state index in [0.29, 0.717) is 19.4 Å². The van der Waals surface area contributed by atoms with Gasteiger partial charge in [-0.3, -0.25) is 9.59 Å². The van der Waals surface area contributed by atoms with Crippen LogP contribution in [-0.2, 0) is 9.59 Å². The van der Waals surface area contributed by atoms with E-state index >= 15 is 0 Å². The molecule has 5 heteroatoms. The Labute approximate surface area is 132 Å². The zero-order valence-corrected chi connectivity index (χ0v) is 13.6. The zero-order valence-electron chi connectivity index (χ0n) is 13.6. The maximum atomic E-state index is 12.0. The molecular formula is C17H26N2O3. The Morgan fingerprint density at radius 1 is 1.23 bits per heavy atom. The van der Waals surface area contributed by atoms with Crippen LogP contribution in [0.3, 0.4) is 0 Å². The monoisotopic (exact) mass is 306 g/mol. The molecule has 1 rings (SSSR count). The summed E-state index contributed by atoms with van der Waals surface area (Å²) in [4.78, 5) is 23.3.